The quantitative estimate of drug-likeness (QED) is 0.544. The molecule has 0 saturated carbocycles. The third kappa shape index (κ3) is 8.05. The van der Waals surface area contributed by atoms with Crippen molar-refractivity contribution in [3.63, 3.8) is 0 Å². The van der Waals surface area contributed by atoms with E-state index in [1.165, 1.54) is 36.4 Å². The molecule has 0 fully saturated rings. The van der Waals surface area contributed by atoms with E-state index in [1.54, 1.807) is 0 Å². The molecule has 0 aliphatic carbocycles. The lowest BCUT2D eigenvalue weighted by atomic mass is 10.1. The Labute approximate surface area is 178 Å². The van der Waals surface area contributed by atoms with Crippen LogP contribution in [-0.2, 0) is 20.8 Å². The van der Waals surface area contributed by atoms with Crippen molar-refractivity contribution in [2.24, 2.45) is 0 Å². The predicted octanol–water partition coefficient (Wildman–Crippen LogP) is 4.50. The summed E-state index contributed by atoms with van der Waals surface area (Å²) in [6, 6.07) is 9.87. The summed E-state index contributed by atoms with van der Waals surface area (Å²) in [4.78, 5) is 24.5. The van der Waals surface area contributed by atoms with Gasteiger partial charge in [-0.2, -0.15) is 13.2 Å². The number of rotatable bonds is 9. The van der Waals surface area contributed by atoms with Gasteiger partial charge < -0.3 is 10.6 Å². The Balaban J connectivity index is 2.03. The molecule has 0 radical (unpaired) electrons. The minimum Gasteiger partial charge on any atom is -0.325 e. The minimum atomic E-state index is -4.54. The average molecular weight is 456 g/mol. The first-order chi connectivity index (χ1) is 14.5. The zero-order valence-corrected chi connectivity index (χ0v) is 17.6. The number of alkyl halides is 3. The Morgan fingerprint density at radius 1 is 0.935 bits per heavy atom. The molecule has 0 bridgehead atoms. The molecule has 0 saturated heterocycles. The van der Waals surface area contributed by atoms with E-state index in [4.69, 9.17) is 0 Å². The molecule has 2 N–H and O–H groups in total. The van der Waals surface area contributed by atoms with Gasteiger partial charge in [0.05, 0.1) is 11.3 Å². The molecule has 2 aromatic rings. The highest BCUT2D eigenvalue weighted by molar-refractivity contribution is 7.92. The molecule has 0 aromatic heterocycles. The zero-order valence-electron chi connectivity index (χ0n) is 16.8. The second-order valence-corrected chi connectivity index (χ2v) is 9.14. The first-order valence-corrected chi connectivity index (χ1v) is 11.4. The summed E-state index contributed by atoms with van der Waals surface area (Å²) in [5.74, 6) is -2.15. The maximum Gasteiger partial charge on any atom is 0.416 e. The van der Waals surface area contributed by atoms with Crippen molar-refractivity contribution in [3.05, 3.63) is 59.7 Å². The number of unbranched alkanes of at least 4 members (excludes halogenated alkanes) is 2. The lowest BCUT2D eigenvalue weighted by molar-refractivity contribution is -0.137. The van der Waals surface area contributed by atoms with Crippen LogP contribution in [0, 0.1) is 0 Å². The summed E-state index contributed by atoms with van der Waals surface area (Å²) in [5.41, 5.74) is -0.648. The van der Waals surface area contributed by atoms with Crippen molar-refractivity contribution in [2.75, 3.05) is 22.1 Å². The van der Waals surface area contributed by atoms with E-state index in [9.17, 15) is 31.2 Å². The van der Waals surface area contributed by atoms with Crippen molar-refractivity contribution in [1.82, 2.24) is 0 Å². The van der Waals surface area contributed by atoms with Gasteiger partial charge >= 0.3 is 6.18 Å². The number of anilines is 2. The van der Waals surface area contributed by atoms with Gasteiger partial charge in [-0.25, -0.2) is 8.42 Å². The molecule has 0 atom stereocenters. The van der Waals surface area contributed by atoms with Crippen LogP contribution in [0.1, 0.15) is 42.1 Å². The lowest BCUT2D eigenvalue weighted by Crippen LogP contribution is -2.25. The molecule has 0 heterocycles. The van der Waals surface area contributed by atoms with Gasteiger partial charge in [-0.1, -0.05) is 31.9 Å². The van der Waals surface area contributed by atoms with Gasteiger partial charge in [-0.3, -0.25) is 9.59 Å². The first kappa shape index (κ1) is 24.4. The summed E-state index contributed by atoms with van der Waals surface area (Å²) in [5, 5.41) is 4.80. The number of hydrogen-bond acceptors (Lipinski definition) is 4. The number of sulfone groups is 1. The number of amides is 2. The molecule has 2 aromatic carbocycles. The molecule has 0 aliphatic rings. The van der Waals surface area contributed by atoms with E-state index in [-0.39, 0.29) is 22.7 Å². The van der Waals surface area contributed by atoms with Crippen molar-refractivity contribution >= 4 is 33.0 Å². The highest BCUT2D eigenvalue weighted by Crippen LogP contribution is 2.30. The fraction of sp³-hybridized carbons (Fsp3) is 0.333. The molecular weight excluding hydrogens is 433 g/mol. The maximum atomic E-state index is 12.8. The zero-order chi connectivity index (χ0) is 23.1. The van der Waals surface area contributed by atoms with Gasteiger partial charge in [0.15, 0.2) is 9.84 Å². The number of carbonyl (C=O) groups is 2. The average Bonchev–Trinajstić information content (AvgIpc) is 2.67. The normalized spacial score (nSPS) is 11.7. The van der Waals surface area contributed by atoms with Crippen LogP contribution in [0.2, 0.25) is 0 Å². The van der Waals surface area contributed by atoms with Crippen LogP contribution in [0.4, 0.5) is 24.5 Å². The van der Waals surface area contributed by atoms with E-state index >= 15 is 0 Å². The van der Waals surface area contributed by atoms with E-state index in [1.807, 2.05) is 6.92 Å². The van der Waals surface area contributed by atoms with Gasteiger partial charge in [0.25, 0.3) is 5.91 Å². The fourth-order valence-corrected chi connectivity index (χ4v) is 4.02. The molecule has 2 amide bonds. The van der Waals surface area contributed by atoms with E-state index in [0.717, 1.165) is 25.0 Å². The van der Waals surface area contributed by atoms with E-state index in [0.29, 0.717) is 6.42 Å². The van der Waals surface area contributed by atoms with Crippen molar-refractivity contribution in [2.45, 2.75) is 32.4 Å². The van der Waals surface area contributed by atoms with Gasteiger partial charge in [0, 0.05) is 16.9 Å². The molecule has 0 aliphatic heterocycles. The first-order valence-electron chi connectivity index (χ1n) is 9.59. The summed E-state index contributed by atoms with van der Waals surface area (Å²) in [6.45, 7) is 1.94. The topological polar surface area (TPSA) is 92.3 Å². The number of carbonyl (C=O) groups excluding carboxylic acids is 2. The highest BCUT2D eigenvalue weighted by Gasteiger charge is 2.30. The molecule has 0 spiro atoms. The summed E-state index contributed by atoms with van der Waals surface area (Å²) in [7, 11) is -3.54. The van der Waals surface area contributed by atoms with Crippen LogP contribution in [-0.4, -0.2) is 31.7 Å². The van der Waals surface area contributed by atoms with Crippen LogP contribution in [0.25, 0.3) is 0 Å². The maximum absolute atomic E-state index is 12.8. The Morgan fingerprint density at radius 3 is 2.23 bits per heavy atom. The van der Waals surface area contributed by atoms with Crippen LogP contribution in [0.15, 0.2) is 48.5 Å². The van der Waals surface area contributed by atoms with Crippen LogP contribution < -0.4 is 10.6 Å². The van der Waals surface area contributed by atoms with Crippen LogP contribution in [0.5, 0.6) is 0 Å². The second kappa shape index (κ2) is 10.4. The SMILES string of the molecule is CCCCCS(=O)(=O)CC(=O)Nc1cccc(C(=O)Nc2cccc(C(F)(F)F)c2)c1. The van der Waals surface area contributed by atoms with Crippen molar-refractivity contribution in [3.8, 4) is 0 Å². The molecule has 10 heteroatoms. The fourth-order valence-electron chi connectivity index (χ4n) is 2.76. The van der Waals surface area contributed by atoms with E-state index < -0.39 is 39.1 Å². The number of nitrogens with one attached hydrogen (secondary N) is 2. The monoisotopic (exact) mass is 456 g/mol. The Kier molecular flexibility index (Phi) is 8.21. The van der Waals surface area contributed by atoms with Gasteiger partial charge in [-0.05, 0) is 42.8 Å². The van der Waals surface area contributed by atoms with Crippen LogP contribution in [0.3, 0.4) is 0 Å². The predicted molar refractivity (Wildman–Crippen MR) is 113 cm³/mol. The number of hydrogen-bond donors (Lipinski definition) is 2. The third-order valence-corrected chi connectivity index (χ3v) is 5.88. The number of benzene rings is 2. The molecule has 6 nitrogen and oxygen atoms in total. The third-order valence-electron chi connectivity index (χ3n) is 4.27. The molecule has 168 valence electrons. The Bertz CT molecular complexity index is 1040. The molecule has 0 unspecified atom stereocenters. The summed E-state index contributed by atoms with van der Waals surface area (Å²) < 4.78 is 62.4. The van der Waals surface area contributed by atoms with Gasteiger partial charge in [0.2, 0.25) is 5.91 Å². The smallest absolute Gasteiger partial charge is 0.325 e. The molecule has 2 rings (SSSR count). The highest BCUT2D eigenvalue weighted by atomic mass is 32.2. The largest absolute Gasteiger partial charge is 0.416 e. The Morgan fingerprint density at radius 2 is 1.58 bits per heavy atom. The molecular formula is C21H23F3N2O4S. The summed E-state index contributed by atoms with van der Waals surface area (Å²) in [6.07, 6.45) is -2.44. The standard InChI is InChI=1S/C21H23F3N2O4S/c1-2-3-4-11-31(29,30)14-19(27)25-17-9-5-7-15(12-17)20(28)26-18-10-6-8-16(13-18)21(22,23)24/h5-10,12-13H,2-4,11,14H2,1H3,(H,25,27)(H,26,28). The van der Waals surface area contributed by atoms with Crippen molar-refractivity contribution < 1.29 is 31.2 Å². The summed E-state index contributed by atoms with van der Waals surface area (Å²) >= 11 is 0. The minimum absolute atomic E-state index is 0.0348. The van der Waals surface area contributed by atoms with Crippen molar-refractivity contribution in [1.29, 1.82) is 0 Å². The second-order valence-electron chi connectivity index (χ2n) is 6.96. The van der Waals surface area contributed by atoms with E-state index in [2.05, 4.69) is 10.6 Å². The van der Waals surface area contributed by atoms with Gasteiger partial charge in [0.1, 0.15) is 5.75 Å². The lowest BCUT2D eigenvalue weighted by Gasteiger charge is -2.11. The van der Waals surface area contributed by atoms with Crippen LogP contribution >= 0.6 is 0 Å². The Hall–Kier alpha value is -2.88. The van der Waals surface area contributed by atoms with Gasteiger partial charge in [-0.15, -0.1) is 0 Å². The molecule has 31 heavy (non-hydrogen) atoms. The number of halogens is 3.